The molecule has 1 unspecified atom stereocenters. The van der Waals surface area contributed by atoms with E-state index in [4.69, 9.17) is 9.47 Å². The van der Waals surface area contributed by atoms with Crippen molar-refractivity contribution in [3.8, 4) is 0 Å². The Morgan fingerprint density at radius 2 is 1.15 bits per heavy atom. The summed E-state index contributed by atoms with van der Waals surface area (Å²) in [6, 6.07) is 29.5. The summed E-state index contributed by atoms with van der Waals surface area (Å²) in [6.45, 7) is 1.93. The Hall–Kier alpha value is -3.17. The first-order valence-corrected chi connectivity index (χ1v) is 9.00. The molecule has 1 saturated heterocycles. The van der Waals surface area contributed by atoms with E-state index in [1.807, 2.05) is 97.9 Å². The highest BCUT2D eigenvalue weighted by Gasteiger charge is 2.81. The molecular weight excluding hydrogens is 336 g/mol. The third kappa shape index (κ3) is 2.03. The average molecular weight is 354 g/mol. The van der Waals surface area contributed by atoms with Gasteiger partial charge in [0.15, 0.2) is 5.60 Å². The van der Waals surface area contributed by atoms with E-state index < -0.39 is 11.2 Å². The molecule has 3 aromatic rings. The third-order valence-electron chi connectivity index (χ3n) is 5.51. The highest BCUT2D eigenvalue weighted by atomic mass is 16.7. The Balaban J connectivity index is 1.73. The number of benzene rings is 3. The fourth-order valence-electron chi connectivity index (χ4n) is 4.19. The van der Waals surface area contributed by atoms with Crippen LogP contribution in [0, 0.1) is 0 Å². The topological polar surface area (TPSA) is 38.8 Å². The Bertz CT molecular complexity index is 999. The average Bonchev–Trinajstić information content (AvgIpc) is 3.40. The lowest BCUT2D eigenvalue weighted by atomic mass is 9.77. The van der Waals surface area contributed by atoms with Crippen molar-refractivity contribution in [1.29, 1.82) is 0 Å². The molecule has 0 aromatic heterocycles. The quantitative estimate of drug-likeness (QED) is 0.506. The highest BCUT2D eigenvalue weighted by Crippen LogP contribution is 2.67. The Kier molecular flexibility index (Phi) is 3.36. The van der Waals surface area contributed by atoms with Crippen LogP contribution in [-0.4, -0.2) is 11.6 Å². The Morgan fingerprint density at radius 1 is 0.667 bits per heavy atom. The van der Waals surface area contributed by atoms with Crippen molar-refractivity contribution in [2.24, 2.45) is 0 Å². The maximum Gasteiger partial charge on any atom is 0.352 e. The molecule has 1 spiro atoms. The number of hydrogen-bond donors (Lipinski definition) is 0. The largest absolute Gasteiger partial charge is 0.423 e. The van der Waals surface area contributed by atoms with Crippen LogP contribution >= 0.6 is 0 Å². The van der Waals surface area contributed by atoms with Gasteiger partial charge in [-0.25, -0.2) is 4.79 Å². The fraction of sp³-hybridized carbons (Fsp3) is 0.125. The normalized spacial score (nSPS) is 22.8. The molecular formula is C24H18O3. The van der Waals surface area contributed by atoms with E-state index in [1.165, 1.54) is 0 Å². The molecule has 0 saturated carbocycles. The van der Waals surface area contributed by atoms with Crippen LogP contribution in [-0.2, 0) is 19.9 Å². The van der Waals surface area contributed by atoms with Gasteiger partial charge in [-0.1, -0.05) is 91.0 Å². The fourth-order valence-corrected chi connectivity index (χ4v) is 4.19. The Labute approximate surface area is 157 Å². The van der Waals surface area contributed by atoms with E-state index in [1.54, 1.807) is 0 Å². The van der Waals surface area contributed by atoms with Gasteiger partial charge in [0.25, 0.3) is 0 Å². The summed E-state index contributed by atoms with van der Waals surface area (Å²) in [6.07, 6.45) is 0. The van der Waals surface area contributed by atoms with E-state index in [9.17, 15) is 4.79 Å². The minimum Gasteiger partial charge on any atom is -0.423 e. The summed E-state index contributed by atoms with van der Waals surface area (Å²) in [5.74, 6) is 0.237. The van der Waals surface area contributed by atoms with Crippen LogP contribution in [0.5, 0.6) is 0 Å². The maximum absolute atomic E-state index is 13.1. The van der Waals surface area contributed by atoms with Crippen molar-refractivity contribution in [3.63, 3.8) is 0 Å². The number of epoxide rings is 1. The molecule has 2 heterocycles. The second-order valence-corrected chi connectivity index (χ2v) is 6.91. The van der Waals surface area contributed by atoms with Gasteiger partial charge in [0.05, 0.1) is 0 Å². The van der Waals surface area contributed by atoms with Gasteiger partial charge in [0.1, 0.15) is 5.76 Å². The third-order valence-corrected chi connectivity index (χ3v) is 5.51. The number of rotatable bonds is 3. The SMILES string of the molecule is CC1=C(c2ccccc2)OC(=O)C12OC2(c1ccccc1)c1ccccc1. The summed E-state index contributed by atoms with van der Waals surface area (Å²) in [4.78, 5) is 13.1. The van der Waals surface area contributed by atoms with Crippen molar-refractivity contribution < 1.29 is 14.3 Å². The maximum atomic E-state index is 13.1. The Morgan fingerprint density at radius 3 is 1.67 bits per heavy atom. The molecule has 5 rings (SSSR count). The molecule has 27 heavy (non-hydrogen) atoms. The van der Waals surface area contributed by atoms with Crippen molar-refractivity contribution in [1.82, 2.24) is 0 Å². The molecule has 0 N–H and O–H groups in total. The molecule has 0 amide bonds. The molecule has 132 valence electrons. The standard InChI is InChI=1S/C24H18O3/c1-17-21(18-11-5-2-6-12-18)26-22(25)23(17)24(27-23,19-13-7-3-8-14-19)20-15-9-4-10-16-20/h2-16H,1H3. The minimum absolute atomic E-state index is 0.355. The van der Waals surface area contributed by atoms with Crippen LogP contribution in [0.25, 0.3) is 5.76 Å². The van der Waals surface area contributed by atoms with Crippen molar-refractivity contribution in [2.75, 3.05) is 0 Å². The summed E-state index contributed by atoms with van der Waals surface area (Å²) >= 11 is 0. The van der Waals surface area contributed by atoms with Gasteiger partial charge >= 0.3 is 5.97 Å². The molecule has 2 aliphatic rings. The van der Waals surface area contributed by atoms with Crippen molar-refractivity contribution >= 4 is 11.7 Å². The zero-order valence-corrected chi connectivity index (χ0v) is 14.9. The van der Waals surface area contributed by atoms with Crippen LogP contribution in [0.15, 0.2) is 96.6 Å². The van der Waals surface area contributed by atoms with Gasteiger partial charge in [0.2, 0.25) is 5.60 Å². The van der Waals surface area contributed by atoms with Gasteiger partial charge in [0, 0.05) is 11.1 Å². The smallest absolute Gasteiger partial charge is 0.352 e. The molecule has 3 heteroatoms. The van der Waals surface area contributed by atoms with E-state index in [0.717, 1.165) is 22.3 Å². The highest BCUT2D eigenvalue weighted by molar-refractivity contribution is 6.01. The second kappa shape index (κ2) is 5.66. The lowest BCUT2D eigenvalue weighted by Crippen LogP contribution is -2.32. The van der Waals surface area contributed by atoms with E-state index in [2.05, 4.69) is 0 Å². The lowest BCUT2D eigenvalue weighted by Gasteiger charge is -2.17. The van der Waals surface area contributed by atoms with Crippen LogP contribution < -0.4 is 0 Å². The van der Waals surface area contributed by atoms with Gasteiger partial charge in [-0.05, 0) is 18.1 Å². The molecule has 1 fully saturated rings. The molecule has 0 aliphatic carbocycles. The second-order valence-electron chi connectivity index (χ2n) is 6.91. The van der Waals surface area contributed by atoms with Crippen molar-refractivity contribution in [2.45, 2.75) is 18.1 Å². The zero-order chi connectivity index (χ0) is 18.5. The number of carbonyl (C=O) groups is 1. The summed E-state index contributed by atoms with van der Waals surface area (Å²) < 4.78 is 12.1. The first-order valence-electron chi connectivity index (χ1n) is 9.00. The molecule has 3 aromatic carbocycles. The van der Waals surface area contributed by atoms with Crippen LogP contribution in [0.4, 0.5) is 0 Å². The van der Waals surface area contributed by atoms with Gasteiger partial charge in [-0.2, -0.15) is 0 Å². The number of cyclic esters (lactones) is 1. The zero-order valence-electron chi connectivity index (χ0n) is 14.9. The van der Waals surface area contributed by atoms with Gasteiger partial charge in [-0.3, -0.25) is 0 Å². The first kappa shape index (κ1) is 16.0. The predicted molar refractivity (Wildman–Crippen MR) is 103 cm³/mol. The lowest BCUT2D eigenvalue weighted by molar-refractivity contribution is -0.139. The summed E-state index contributed by atoms with van der Waals surface area (Å²) in [5.41, 5.74) is 1.59. The number of hydrogen-bond acceptors (Lipinski definition) is 3. The first-order chi connectivity index (χ1) is 13.2. The predicted octanol–water partition coefficient (Wildman–Crippen LogP) is 4.69. The summed E-state index contributed by atoms with van der Waals surface area (Å²) in [7, 11) is 0. The van der Waals surface area contributed by atoms with Crippen LogP contribution in [0.3, 0.4) is 0 Å². The molecule has 0 bridgehead atoms. The molecule has 3 nitrogen and oxygen atoms in total. The van der Waals surface area contributed by atoms with Crippen LogP contribution in [0.1, 0.15) is 23.6 Å². The molecule has 0 radical (unpaired) electrons. The van der Waals surface area contributed by atoms with E-state index in [0.29, 0.717) is 5.76 Å². The number of ether oxygens (including phenoxy) is 2. The van der Waals surface area contributed by atoms with E-state index in [-0.39, 0.29) is 5.97 Å². The van der Waals surface area contributed by atoms with Crippen LogP contribution in [0.2, 0.25) is 0 Å². The van der Waals surface area contributed by atoms with E-state index >= 15 is 0 Å². The summed E-state index contributed by atoms with van der Waals surface area (Å²) in [5, 5.41) is 0. The van der Waals surface area contributed by atoms with Gasteiger partial charge < -0.3 is 9.47 Å². The number of esters is 1. The molecule has 1 atom stereocenters. The monoisotopic (exact) mass is 354 g/mol. The van der Waals surface area contributed by atoms with Gasteiger partial charge in [-0.15, -0.1) is 0 Å². The molecule has 2 aliphatic heterocycles. The van der Waals surface area contributed by atoms with Crippen molar-refractivity contribution in [3.05, 3.63) is 113 Å². The minimum atomic E-state index is -1.12. The number of carbonyl (C=O) groups excluding carboxylic acids is 1.